The molecule has 2 heterocycles. The van der Waals surface area contributed by atoms with Crippen molar-refractivity contribution in [1.29, 1.82) is 0 Å². The summed E-state index contributed by atoms with van der Waals surface area (Å²) in [6.45, 7) is -0.440. The van der Waals surface area contributed by atoms with E-state index >= 15 is 0 Å². The van der Waals surface area contributed by atoms with Crippen LogP contribution < -0.4 is 0 Å². The van der Waals surface area contributed by atoms with Crippen LogP contribution in [0.1, 0.15) is 26.6 Å². The normalized spacial score (nSPS) is 10.7. The van der Waals surface area contributed by atoms with Crippen molar-refractivity contribution in [2.75, 3.05) is 0 Å². The van der Waals surface area contributed by atoms with Crippen LogP contribution in [0.25, 0.3) is 0 Å². The van der Waals surface area contributed by atoms with E-state index in [-0.39, 0.29) is 23.5 Å². The molecule has 8 heteroatoms. The summed E-state index contributed by atoms with van der Waals surface area (Å²) in [6.07, 6.45) is 0.961. The van der Waals surface area contributed by atoms with Crippen molar-refractivity contribution in [3.63, 3.8) is 0 Å². The average Bonchev–Trinajstić information content (AvgIpc) is 3.06. The Labute approximate surface area is 144 Å². The van der Waals surface area contributed by atoms with Crippen molar-refractivity contribution in [2.45, 2.75) is 13.0 Å². The number of nitrogens with zero attached hydrogens (tertiary/aromatic N) is 2. The molecule has 0 saturated heterocycles. The minimum atomic E-state index is -0.867. The summed E-state index contributed by atoms with van der Waals surface area (Å²) >= 11 is 1.19. The Hall–Kier alpha value is -2.74. The third-order valence-electron chi connectivity index (χ3n) is 3.32. The molecule has 0 fully saturated rings. The maximum atomic E-state index is 13.6. The third-order valence-corrected chi connectivity index (χ3v) is 4.17. The number of pyridine rings is 1. The molecule has 0 aliphatic heterocycles. The molecule has 0 spiro atoms. The maximum absolute atomic E-state index is 13.6. The zero-order valence-corrected chi connectivity index (χ0v) is 13.5. The predicted molar refractivity (Wildman–Crippen MR) is 84.6 cm³/mol. The lowest BCUT2D eigenvalue weighted by Crippen LogP contribution is -2.07. The summed E-state index contributed by atoms with van der Waals surface area (Å²) in [5.74, 6) is -2.76. The zero-order valence-electron chi connectivity index (χ0n) is 12.7. The number of aromatic nitrogens is 2. The van der Waals surface area contributed by atoms with E-state index in [4.69, 9.17) is 4.74 Å². The SMILES string of the molecule is O=C(OCc1cc(F)ncc1F)c1csc(Cc2ccccc2F)n1. The second-order valence-electron chi connectivity index (χ2n) is 5.07. The number of carbonyl (C=O) groups excluding carboxylic acids is 1. The summed E-state index contributed by atoms with van der Waals surface area (Å²) in [6, 6.07) is 7.14. The minimum absolute atomic E-state index is 0.0336. The van der Waals surface area contributed by atoms with Crippen LogP contribution in [0.4, 0.5) is 13.2 Å². The molecule has 0 unspecified atom stereocenters. The first-order valence-corrected chi connectivity index (χ1v) is 8.06. The van der Waals surface area contributed by atoms with Crippen LogP contribution in [-0.4, -0.2) is 15.9 Å². The summed E-state index contributed by atoms with van der Waals surface area (Å²) in [5.41, 5.74) is 0.375. The van der Waals surface area contributed by atoms with Crippen LogP contribution in [-0.2, 0) is 17.8 Å². The molecule has 128 valence electrons. The van der Waals surface area contributed by atoms with E-state index in [2.05, 4.69) is 9.97 Å². The lowest BCUT2D eigenvalue weighted by molar-refractivity contribution is 0.0462. The molecular formula is C17H11F3N2O2S. The summed E-state index contributed by atoms with van der Waals surface area (Å²) in [5, 5.41) is 2.01. The average molecular weight is 364 g/mol. The van der Waals surface area contributed by atoms with Crippen LogP contribution >= 0.6 is 11.3 Å². The summed E-state index contributed by atoms with van der Waals surface area (Å²) in [4.78, 5) is 19.2. The molecule has 0 N–H and O–H groups in total. The van der Waals surface area contributed by atoms with Gasteiger partial charge in [-0.1, -0.05) is 18.2 Å². The number of esters is 1. The minimum Gasteiger partial charge on any atom is -0.456 e. The van der Waals surface area contributed by atoms with Gasteiger partial charge < -0.3 is 4.74 Å². The molecule has 0 amide bonds. The highest BCUT2D eigenvalue weighted by Gasteiger charge is 2.15. The molecule has 0 bridgehead atoms. The van der Waals surface area contributed by atoms with E-state index in [1.807, 2.05) is 0 Å². The van der Waals surface area contributed by atoms with Gasteiger partial charge in [-0.3, -0.25) is 0 Å². The molecule has 0 radical (unpaired) electrons. The van der Waals surface area contributed by atoms with Gasteiger partial charge >= 0.3 is 5.97 Å². The molecule has 1 aromatic carbocycles. The maximum Gasteiger partial charge on any atom is 0.358 e. The van der Waals surface area contributed by atoms with Gasteiger partial charge in [0.05, 0.1) is 11.2 Å². The van der Waals surface area contributed by atoms with Gasteiger partial charge in [0.2, 0.25) is 5.95 Å². The number of ether oxygens (including phenoxy) is 1. The van der Waals surface area contributed by atoms with Crippen molar-refractivity contribution in [2.24, 2.45) is 0 Å². The lowest BCUT2D eigenvalue weighted by atomic mass is 10.1. The predicted octanol–water partition coefficient (Wildman–Crippen LogP) is 3.90. The molecule has 2 aromatic heterocycles. The lowest BCUT2D eigenvalue weighted by Gasteiger charge is -2.04. The fraction of sp³-hybridized carbons (Fsp3) is 0.118. The van der Waals surface area contributed by atoms with E-state index in [0.717, 1.165) is 6.07 Å². The molecule has 0 atom stereocenters. The van der Waals surface area contributed by atoms with Crippen molar-refractivity contribution in [1.82, 2.24) is 9.97 Å². The van der Waals surface area contributed by atoms with Crippen molar-refractivity contribution < 1.29 is 22.7 Å². The van der Waals surface area contributed by atoms with E-state index in [0.29, 0.717) is 16.8 Å². The van der Waals surface area contributed by atoms with Gasteiger partial charge in [-0.25, -0.2) is 23.5 Å². The number of rotatable bonds is 5. The second-order valence-corrected chi connectivity index (χ2v) is 6.01. The Morgan fingerprint density at radius 3 is 2.72 bits per heavy atom. The van der Waals surface area contributed by atoms with Crippen LogP contribution in [0.5, 0.6) is 0 Å². The highest BCUT2D eigenvalue weighted by Crippen LogP contribution is 2.18. The molecule has 3 rings (SSSR count). The first kappa shape index (κ1) is 17.1. The number of hydrogen-bond acceptors (Lipinski definition) is 5. The van der Waals surface area contributed by atoms with Gasteiger partial charge in [-0.05, 0) is 11.6 Å². The summed E-state index contributed by atoms with van der Waals surface area (Å²) in [7, 11) is 0. The highest BCUT2D eigenvalue weighted by molar-refractivity contribution is 7.09. The number of thiazole rings is 1. The standard InChI is InChI=1S/C17H11F3N2O2S/c18-12-4-2-1-3-10(12)6-16-22-14(9-25-16)17(23)24-8-11-5-15(20)21-7-13(11)19/h1-5,7,9H,6,8H2. The van der Waals surface area contributed by atoms with Crippen molar-refractivity contribution in [3.8, 4) is 0 Å². The number of halogens is 3. The first-order chi connectivity index (χ1) is 12.0. The monoisotopic (exact) mass is 364 g/mol. The summed E-state index contributed by atoms with van der Waals surface area (Å²) < 4.78 is 45.0. The fourth-order valence-corrected chi connectivity index (χ4v) is 2.86. The first-order valence-electron chi connectivity index (χ1n) is 7.18. The van der Waals surface area contributed by atoms with Crippen LogP contribution in [0, 0.1) is 17.6 Å². The van der Waals surface area contributed by atoms with Crippen molar-refractivity contribution >= 4 is 17.3 Å². The zero-order chi connectivity index (χ0) is 17.8. The number of carbonyl (C=O) groups is 1. The second kappa shape index (κ2) is 7.43. The molecule has 4 nitrogen and oxygen atoms in total. The Morgan fingerprint density at radius 2 is 1.92 bits per heavy atom. The van der Waals surface area contributed by atoms with Gasteiger partial charge in [0.25, 0.3) is 0 Å². The molecular weight excluding hydrogens is 353 g/mol. The quantitative estimate of drug-likeness (QED) is 0.509. The number of hydrogen-bond donors (Lipinski definition) is 0. The van der Waals surface area contributed by atoms with Crippen LogP contribution in [0.15, 0.2) is 41.9 Å². The Bertz CT molecular complexity index is 914. The van der Waals surface area contributed by atoms with E-state index in [1.165, 1.54) is 22.8 Å². The fourth-order valence-electron chi connectivity index (χ4n) is 2.07. The van der Waals surface area contributed by atoms with E-state index in [1.54, 1.807) is 18.2 Å². The smallest absolute Gasteiger partial charge is 0.358 e. The van der Waals surface area contributed by atoms with Gasteiger partial charge in [0, 0.05) is 23.4 Å². The van der Waals surface area contributed by atoms with E-state index < -0.39 is 24.3 Å². The molecule has 0 aliphatic rings. The molecule has 0 saturated carbocycles. The van der Waals surface area contributed by atoms with Crippen LogP contribution in [0.3, 0.4) is 0 Å². The van der Waals surface area contributed by atoms with Gasteiger partial charge in [0.15, 0.2) is 5.69 Å². The Morgan fingerprint density at radius 1 is 1.12 bits per heavy atom. The largest absolute Gasteiger partial charge is 0.456 e. The molecule has 3 aromatic rings. The van der Waals surface area contributed by atoms with Crippen LogP contribution in [0.2, 0.25) is 0 Å². The van der Waals surface area contributed by atoms with Gasteiger partial charge in [-0.2, -0.15) is 4.39 Å². The highest BCUT2D eigenvalue weighted by atomic mass is 32.1. The third kappa shape index (κ3) is 4.21. The Kier molecular flexibility index (Phi) is 5.08. The topological polar surface area (TPSA) is 52.1 Å². The van der Waals surface area contributed by atoms with E-state index in [9.17, 15) is 18.0 Å². The Balaban J connectivity index is 1.64. The molecule has 0 aliphatic carbocycles. The molecule has 25 heavy (non-hydrogen) atoms. The number of benzene rings is 1. The van der Waals surface area contributed by atoms with Crippen molar-refractivity contribution in [3.05, 3.63) is 81.3 Å². The van der Waals surface area contributed by atoms with Gasteiger partial charge in [0.1, 0.15) is 18.2 Å². The van der Waals surface area contributed by atoms with Gasteiger partial charge in [-0.15, -0.1) is 11.3 Å².